The van der Waals surface area contributed by atoms with Crippen LogP contribution in [0.2, 0.25) is 0 Å². The minimum atomic E-state index is 0.338. The van der Waals surface area contributed by atoms with Crippen LogP contribution < -0.4 is 4.57 Å². The number of aryl methyl sites for hydroxylation is 1. The fraction of sp³-hybridized carbons (Fsp3) is 0.0714. The van der Waals surface area contributed by atoms with Gasteiger partial charge in [-0.25, -0.2) is 4.57 Å². The third kappa shape index (κ3) is 1.16. The molecular formula is C14H12NO+. The van der Waals surface area contributed by atoms with E-state index in [0.717, 1.165) is 16.3 Å². The Labute approximate surface area is 93.4 Å². The van der Waals surface area contributed by atoms with Crippen molar-refractivity contribution < 1.29 is 9.67 Å². The molecule has 0 aliphatic rings. The molecule has 1 N–H and O–H groups in total. The summed E-state index contributed by atoms with van der Waals surface area (Å²) < 4.78 is 2.04. The summed E-state index contributed by atoms with van der Waals surface area (Å²) in [6.45, 7) is 0. The van der Waals surface area contributed by atoms with E-state index in [9.17, 15) is 5.11 Å². The molecule has 3 aromatic rings. The number of rotatable bonds is 0. The van der Waals surface area contributed by atoms with Crippen LogP contribution >= 0.6 is 0 Å². The third-order valence-corrected chi connectivity index (χ3v) is 2.96. The molecule has 0 atom stereocenters. The molecule has 3 rings (SSSR count). The number of hydrogen-bond donors (Lipinski definition) is 1. The maximum Gasteiger partial charge on any atom is 0.223 e. The Kier molecular flexibility index (Phi) is 1.83. The zero-order valence-electron chi connectivity index (χ0n) is 9.01. The first kappa shape index (κ1) is 9.16. The van der Waals surface area contributed by atoms with Gasteiger partial charge in [0.2, 0.25) is 5.52 Å². The van der Waals surface area contributed by atoms with Crippen molar-refractivity contribution in [3.05, 3.63) is 48.7 Å². The van der Waals surface area contributed by atoms with Crippen LogP contribution in [0.1, 0.15) is 0 Å². The molecule has 0 radical (unpaired) electrons. The second-order valence-corrected chi connectivity index (χ2v) is 4.00. The quantitative estimate of drug-likeness (QED) is 0.447. The van der Waals surface area contributed by atoms with Gasteiger partial charge in [0.25, 0.3) is 0 Å². The number of phenols is 1. The minimum absolute atomic E-state index is 0.338. The first-order valence-corrected chi connectivity index (χ1v) is 5.26. The molecule has 16 heavy (non-hydrogen) atoms. The molecule has 2 heteroatoms. The Bertz CT molecular complexity index is 689. The molecule has 1 heterocycles. The highest BCUT2D eigenvalue weighted by Gasteiger charge is 2.12. The molecule has 0 fully saturated rings. The molecule has 1 aromatic heterocycles. The largest absolute Gasteiger partial charge is 0.507 e. The Hall–Kier alpha value is -2.09. The van der Waals surface area contributed by atoms with Crippen molar-refractivity contribution in [1.82, 2.24) is 0 Å². The van der Waals surface area contributed by atoms with Crippen LogP contribution in [-0.2, 0) is 7.05 Å². The fourth-order valence-corrected chi connectivity index (χ4v) is 2.22. The zero-order chi connectivity index (χ0) is 11.1. The van der Waals surface area contributed by atoms with Crippen molar-refractivity contribution >= 4 is 21.7 Å². The Morgan fingerprint density at radius 2 is 1.75 bits per heavy atom. The summed E-state index contributed by atoms with van der Waals surface area (Å²) in [7, 11) is 1.99. The van der Waals surface area contributed by atoms with Gasteiger partial charge in [-0.3, -0.25) is 0 Å². The van der Waals surface area contributed by atoms with Crippen LogP contribution in [0.4, 0.5) is 0 Å². The van der Waals surface area contributed by atoms with Gasteiger partial charge in [0.05, 0.1) is 10.8 Å². The monoisotopic (exact) mass is 210 g/mol. The molecule has 0 bridgehead atoms. The van der Waals surface area contributed by atoms with Gasteiger partial charge in [-0.15, -0.1) is 0 Å². The summed E-state index contributed by atoms with van der Waals surface area (Å²) in [5.41, 5.74) is 1.07. The topological polar surface area (TPSA) is 24.1 Å². The molecule has 78 valence electrons. The van der Waals surface area contributed by atoms with Crippen molar-refractivity contribution in [2.75, 3.05) is 0 Å². The second kappa shape index (κ2) is 3.20. The van der Waals surface area contributed by atoms with E-state index < -0.39 is 0 Å². The van der Waals surface area contributed by atoms with Crippen molar-refractivity contribution in [3.63, 3.8) is 0 Å². The Balaban J connectivity index is 2.67. The van der Waals surface area contributed by atoms with Gasteiger partial charge >= 0.3 is 0 Å². The average Bonchev–Trinajstić information content (AvgIpc) is 2.30. The first-order valence-electron chi connectivity index (χ1n) is 5.26. The molecular weight excluding hydrogens is 198 g/mol. The van der Waals surface area contributed by atoms with E-state index in [4.69, 9.17) is 0 Å². The van der Waals surface area contributed by atoms with E-state index in [1.165, 1.54) is 5.39 Å². The van der Waals surface area contributed by atoms with Crippen LogP contribution in [0.5, 0.6) is 5.75 Å². The number of benzene rings is 2. The number of aromatic nitrogens is 1. The molecule has 0 saturated carbocycles. The summed E-state index contributed by atoms with van der Waals surface area (Å²) in [6.07, 6.45) is 1.99. The number of fused-ring (bicyclic) bond motifs is 3. The van der Waals surface area contributed by atoms with E-state index in [-0.39, 0.29) is 0 Å². The molecule has 0 aliphatic carbocycles. The summed E-state index contributed by atoms with van der Waals surface area (Å²) in [5, 5.41) is 13.1. The maximum atomic E-state index is 9.98. The highest BCUT2D eigenvalue weighted by atomic mass is 16.3. The second-order valence-electron chi connectivity index (χ2n) is 4.00. The van der Waals surface area contributed by atoms with Crippen LogP contribution in [0.3, 0.4) is 0 Å². The molecule has 0 aliphatic heterocycles. The number of nitrogens with zero attached hydrogens (tertiary/aromatic N) is 1. The first-order chi connectivity index (χ1) is 7.77. The van der Waals surface area contributed by atoms with Gasteiger partial charge in [-0.05, 0) is 23.6 Å². The van der Waals surface area contributed by atoms with E-state index in [1.54, 1.807) is 0 Å². The third-order valence-electron chi connectivity index (χ3n) is 2.96. The van der Waals surface area contributed by atoms with E-state index in [1.807, 2.05) is 54.2 Å². The van der Waals surface area contributed by atoms with Crippen molar-refractivity contribution in [2.45, 2.75) is 0 Å². The van der Waals surface area contributed by atoms with Crippen molar-refractivity contribution in [2.24, 2.45) is 7.05 Å². The van der Waals surface area contributed by atoms with Crippen LogP contribution in [0, 0.1) is 0 Å². The zero-order valence-corrected chi connectivity index (χ0v) is 9.01. The molecule has 0 saturated heterocycles. The number of aromatic hydroxyl groups is 1. The van der Waals surface area contributed by atoms with Crippen LogP contribution in [-0.4, -0.2) is 5.11 Å². The molecule has 0 spiro atoms. The van der Waals surface area contributed by atoms with Gasteiger partial charge in [-0.2, -0.15) is 0 Å². The standard InChI is InChI=1S/C14H11NO/c1-15-8-4-7-12-13(16)9-10-5-2-3-6-11(10)14(12)15/h2-9H,1H3/p+1. The van der Waals surface area contributed by atoms with Crippen molar-refractivity contribution in [1.29, 1.82) is 0 Å². The Morgan fingerprint density at radius 3 is 2.62 bits per heavy atom. The smallest absolute Gasteiger partial charge is 0.223 e. The molecule has 0 unspecified atom stereocenters. The van der Waals surface area contributed by atoms with Crippen LogP contribution in [0.15, 0.2) is 48.7 Å². The van der Waals surface area contributed by atoms with Gasteiger partial charge in [0.1, 0.15) is 12.8 Å². The molecule has 2 aromatic carbocycles. The lowest BCUT2D eigenvalue weighted by atomic mass is 10.1. The predicted octanol–water partition coefficient (Wildman–Crippen LogP) is 2.52. The summed E-state index contributed by atoms with van der Waals surface area (Å²) in [5.74, 6) is 0.338. The molecule has 0 amide bonds. The lowest BCUT2D eigenvalue weighted by molar-refractivity contribution is -0.644. The lowest BCUT2D eigenvalue weighted by Gasteiger charge is -2.03. The highest BCUT2D eigenvalue weighted by Crippen LogP contribution is 2.29. The maximum absolute atomic E-state index is 9.98. The average molecular weight is 210 g/mol. The van der Waals surface area contributed by atoms with Crippen LogP contribution in [0.25, 0.3) is 21.7 Å². The summed E-state index contributed by atoms with van der Waals surface area (Å²) in [6, 6.07) is 13.8. The van der Waals surface area contributed by atoms with E-state index in [2.05, 4.69) is 6.07 Å². The number of pyridine rings is 1. The van der Waals surface area contributed by atoms with Gasteiger partial charge < -0.3 is 5.11 Å². The SMILES string of the molecule is C[n+]1cccc2c(O)cc3ccccc3c21. The van der Waals surface area contributed by atoms with E-state index in [0.29, 0.717) is 5.75 Å². The highest BCUT2D eigenvalue weighted by molar-refractivity contribution is 6.06. The predicted molar refractivity (Wildman–Crippen MR) is 64.3 cm³/mol. The van der Waals surface area contributed by atoms with E-state index >= 15 is 0 Å². The summed E-state index contributed by atoms with van der Waals surface area (Å²) >= 11 is 0. The van der Waals surface area contributed by atoms with Crippen molar-refractivity contribution in [3.8, 4) is 5.75 Å². The number of phenolic OH excluding ortho intramolecular Hbond substituents is 1. The normalized spacial score (nSPS) is 11.1. The number of hydrogen-bond acceptors (Lipinski definition) is 1. The fourth-order valence-electron chi connectivity index (χ4n) is 2.22. The molecule has 2 nitrogen and oxygen atoms in total. The minimum Gasteiger partial charge on any atom is -0.507 e. The van der Waals surface area contributed by atoms with Gasteiger partial charge in [-0.1, -0.05) is 18.2 Å². The Morgan fingerprint density at radius 1 is 1.00 bits per heavy atom. The summed E-state index contributed by atoms with van der Waals surface area (Å²) in [4.78, 5) is 0. The van der Waals surface area contributed by atoms with Gasteiger partial charge in [0.15, 0.2) is 6.20 Å². The van der Waals surface area contributed by atoms with Gasteiger partial charge in [0, 0.05) is 6.07 Å². The lowest BCUT2D eigenvalue weighted by Crippen LogP contribution is -2.28.